The third kappa shape index (κ3) is 0.695. The number of nitrogens with one attached hydrogen (secondary N) is 1. The third-order valence-corrected chi connectivity index (χ3v) is 4.10. The molecule has 0 spiro atoms. The number of aromatic nitrogens is 1. The second kappa shape index (κ2) is 1.77. The van der Waals surface area contributed by atoms with Gasteiger partial charge in [0.1, 0.15) is 0 Å². The van der Waals surface area contributed by atoms with Gasteiger partial charge in [0.25, 0.3) is 10.0 Å². The van der Waals surface area contributed by atoms with Crippen molar-refractivity contribution in [3.05, 3.63) is 11.8 Å². The molecule has 1 aromatic rings. The first kappa shape index (κ1) is 6.26. The molecule has 0 amide bonds. The van der Waals surface area contributed by atoms with Gasteiger partial charge in [0.2, 0.25) is 0 Å². The Hall–Kier alpha value is -0.460. The minimum absolute atomic E-state index is 0.368. The molecule has 4 nitrogen and oxygen atoms in total. The topological polar surface area (TPSA) is 59.1 Å². The van der Waals surface area contributed by atoms with Crippen LogP contribution in [0.2, 0.25) is 0 Å². The van der Waals surface area contributed by atoms with Gasteiger partial charge in [-0.05, 0) is 11.5 Å². The summed E-state index contributed by atoms with van der Waals surface area (Å²) in [5, 5.41) is 0. The molecule has 0 unspecified atom stereocenters. The maximum atomic E-state index is 11.0. The third-order valence-electron chi connectivity index (χ3n) is 1.30. The van der Waals surface area contributed by atoms with Crippen LogP contribution in [0.1, 0.15) is 5.56 Å². The number of nitrogens with zero attached hydrogens (tertiary/aromatic N) is 1. The molecular formula is C4H4N2O2S2. The van der Waals surface area contributed by atoms with Gasteiger partial charge < -0.3 is 0 Å². The van der Waals surface area contributed by atoms with Crippen LogP contribution in [0.25, 0.3) is 0 Å². The average molecular weight is 176 g/mol. The molecule has 0 aliphatic carbocycles. The maximum absolute atomic E-state index is 11.0. The van der Waals surface area contributed by atoms with Gasteiger partial charge in [-0.15, -0.1) is 0 Å². The predicted octanol–water partition coefficient (Wildman–Crippen LogP) is -0.0650. The Morgan fingerprint density at radius 3 is 3.20 bits per heavy atom. The molecule has 0 fully saturated rings. The lowest BCUT2D eigenvalue weighted by Gasteiger charge is -1.87. The molecule has 0 radical (unpaired) electrons. The molecule has 0 saturated heterocycles. The number of fused-ring (bicyclic) bond motifs is 1. The van der Waals surface area contributed by atoms with Gasteiger partial charge >= 0.3 is 0 Å². The fraction of sp³-hybridized carbons (Fsp3) is 0.250. The molecule has 1 N–H and O–H groups in total. The average Bonchev–Trinajstić information content (AvgIpc) is 2.36. The standard InChI is InChI=1S/C4H4N2O2S2/c7-10(8)4-3(2-6-10)1-5-9-4/h1,6H,2H2. The maximum Gasteiger partial charge on any atom is 0.252 e. The molecule has 2 rings (SSSR count). The van der Waals surface area contributed by atoms with E-state index in [9.17, 15) is 8.42 Å². The molecule has 0 aromatic carbocycles. The zero-order valence-corrected chi connectivity index (χ0v) is 6.50. The molecule has 1 aromatic heterocycles. The van der Waals surface area contributed by atoms with Crippen LogP contribution in [0.3, 0.4) is 0 Å². The molecule has 10 heavy (non-hydrogen) atoms. The van der Waals surface area contributed by atoms with Gasteiger partial charge in [-0.1, -0.05) is 0 Å². The Bertz CT molecular complexity index is 353. The van der Waals surface area contributed by atoms with E-state index in [1.54, 1.807) is 6.20 Å². The summed E-state index contributed by atoms with van der Waals surface area (Å²) in [5.41, 5.74) is 0.782. The number of hydrogen-bond acceptors (Lipinski definition) is 4. The monoisotopic (exact) mass is 176 g/mol. The van der Waals surface area contributed by atoms with E-state index < -0.39 is 10.0 Å². The Labute approximate surface area is 62.1 Å². The van der Waals surface area contributed by atoms with Gasteiger partial charge in [0, 0.05) is 18.3 Å². The van der Waals surface area contributed by atoms with E-state index in [-0.39, 0.29) is 0 Å². The Morgan fingerprint density at radius 1 is 1.70 bits per heavy atom. The Balaban J connectivity index is 2.76. The highest BCUT2D eigenvalue weighted by Gasteiger charge is 2.27. The van der Waals surface area contributed by atoms with Crippen molar-refractivity contribution in [1.29, 1.82) is 0 Å². The summed E-state index contributed by atoms with van der Waals surface area (Å²) in [7, 11) is -3.16. The zero-order chi connectivity index (χ0) is 7.19. The van der Waals surface area contributed by atoms with Crippen LogP contribution in [-0.4, -0.2) is 12.8 Å². The fourth-order valence-corrected chi connectivity index (χ4v) is 2.99. The number of rotatable bonds is 0. The van der Waals surface area contributed by atoms with Crippen molar-refractivity contribution in [3.63, 3.8) is 0 Å². The van der Waals surface area contributed by atoms with Crippen molar-refractivity contribution in [2.24, 2.45) is 0 Å². The van der Waals surface area contributed by atoms with Crippen LogP contribution in [0.5, 0.6) is 0 Å². The van der Waals surface area contributed by atoms with Crippen LogP contribution in [0.4, 0.5) is 0 Å². The summed E-state index contributed by atoms with van der Waals surface area (Å²) >= 11 is 1.02. The second-order valence-electron chi connectivity index (χ2n) is 1.96. The van der Waals surface area contributed by atoms with Crippen LogP contribution < -0.4 is 4.72 Å². The highest BCUT2D eigenvalue weighted by atomic mass is 32.2. The van der Waals surface area contributed by atoms with Gasteiger partial charge in [0.15, 0.2) is 4.21 Å². The highest BCUT2D eigenvalue weighted by Crippen LogP contribution is 2.24. The van der Waals surface area contributed by atoms with Crippen LogP contribution in [0, 0.1) is 0 Å². The zero-order valence-electron chi connectivity index (χ0n) is 4.86. The van der Waals surface area contributed by atoms with E-state index in [1.165, 1.54) is 0 Å². The molecular weight excluding hydrogens is 172 g/mol. The summed E-state index contributed by atoms with van der Waals surface area (Å²) < 4.78 is 28.5. The lowest BCUT2D eigenvalue weighted by atomic mass is 10.4. The van der Waals surface area contributed by atoms with Gasteiger partial charge in [-0.3, -0.25) is 0 Å². The summed E-state index contributed by atoms with van der Waals surface area (Å²) in [6.45, 7) is 0.397. The lowest BCUT2D eigenvalue weighted by molar-refractivity contribution is 0.591. The smallest absolute Gasteiger partial charge is 0.206 e. The number of hydrogen-bond donors (Lipinski definition) is 1. The van der Waals surface area contributed by atoms with Crippen molar-refractivity contribution < 1.29 is 8.42 Å². The molecule has 0 saturated carbocycles. The van der Waals surface area contributed by atoms with E-state index in [0.29, 0.717) is 10.8 Å². The van der Waals surface area contributed by atoms with Gasteiger partial charge in [0.05, 0.1) is 0 Å². The van der Waals surface area contributed by atoms with Crippen molar-refractivity contribution in [3.8, 4) is 0 Å². The molecule has 6 heteroatoms. The number of sulfonamides is 1. The van der Waals surface area contributed by atoms with Crippen LogP contribution in [0.15, 0.2) is 10.4 Å². The summed E-state index contributed by atoms with van der Waals surface area (Å²) in [6, 6.07) is 0. The van der Waals surface area contributed by atoms with Crippen molar-refractivity contribution in [2.75, 3.05) is 0 Å². The first-order valence-electron chi connectivity index (χ1n) is 2.63. The molecule has 0 bridgehead atoms. The van der Waals surface area contributed by atoms with E-state index in [2.05, 4.69) is 9.10 Å². The SMILES string of the molecule is O=S1(=O)NCc2cnsc21. The molecule has 0 atom stereocenters. The normalized spacial score (nSPS) is 20.8. The van der Waals surface area contributed by atoms with Crippen LogP contribution in [-0.2, 0) is 16.6 Å². The largest absolute Gasteiger partial charge is 0.252 e. The molecule has 1 aliphatic rings. The van der Waals surface area contributed by atoms with E-state index in [0.717, 1.165) is 17.1 Å². The quantitative estimate of drug-likeness (QED) is 0.602. The van der Waals surface area contributed by atoms with Crippen molar-refractivity contribution >= 4 is 21.6 Å². The molecule has 54 valence electrons. The lowest BCUT2D eigenvalue weighted by Crippen LogP contribution is -2.13. The van der Waals surface area contributed by atoms with Crippen LogP contribution >= 0.6 is 11.5 Å². The van der Waals surface area contributed by atoms with Crippen molar-refractivity contribution in [1.82, 2.24) is 9.10 Å². The predicted molar refractivity (Wildman–Crippen MR) is 36.1 cm³/mol. The van der Waals surface area contributed by atoms with E-state index >= 15 is 0 Å². The minimum atomic E-state index is -3.16. The molecule has 2 heterocycles. The summed E-state index contributed by atoms with van der Waals surface area (Å²) in [4.78, 5) is 0. The van der Waals surface area contributed by atoms with E-state index in [1.807, 2.05) is 0 Å². The fourth-order valence-electron chi connectivity index (χ4n) is 0.827. The summed E-state index contributed by atoms with van der Waals surface area (Å²) in [6.07, 6.45) is 1.58. The summed E-state index contributed by atoms with van der Waals surface area (Å²) in [5.74, 6) is 0. The van der Waals surface area contributed by atoms with Gasteiger partial charge in [-0.2, -0.15) is 4.37 Å². The Morgan fingerprint density at radius 2 is 2.50 bits per heavy atom. The van der Waals surface area contributed by atoms with Gasteiger partial charge in [-0.25, -0.2) is 13.1 Å². The minimum Gasteiger partial charge on any atom is -0.206 e. The first-order valence-corrected chi connectivity index (χ1v) is 4.89. The highest BCUT2D eigenvalue weighted by molar-refractivity contribution is 7.91. The second-order valence-corrected chi connectivity index (χ2v) is 4.73. The van der Waals surface area contributed by atoms with E-state index in [4.69, 9.17) is 0 Å². The molecule has 1 aliphatic heterocycles. The van der Waals surface area contributed by atoms with Crippen molar-refractivity contribution in [2.45, 2.75) is 10.8 Å². The first-order chi connectivity index (χ1) is 4.70. The Kier molecular flexibility index (Phi) is 1.11.